The number of aromatic nitrogens is 1. The minimum atomic E-state index is -0.927. The summed E-state index contributed by atoms with van der Waals surface area (Å²) in [6.07, 6.45) is 2.67. The zero-order valence-electron chi connectivity index (χ0n) is 14.7. The predicted octanol–water partition coefficient (Wildman–Crippen LogP) is 3.19. The second-order valence-corrected chi connectivity index (χ2v) is 6.91. The van der Waals surface area contributed by atoms with Crippen LogP contribution in [0.2, 0.25) is 5.02 Å². The van der Waals surface area contributed by atoms with Crippen molar-refractivity contribution in [2.45, 2.75) is 31.8 Å². The van der Waals surface area contributed by atoms with E-state index in [4.69, 9.17) is 16.3 Å². The molecule has 0 aliphatic carbocycles. The first kappa shape index (κ1) is 18.2. The molecule has 3 rings (SSSR count). The molecule has 0 bridgehead atoms. The maximum Gasteiger partial charge on any atom is 0.325 e. The van der Waals surface area contributed by atoms with Crippen LogP contribution in [0.1, 0.15) is 24.6 Å². The fraction of sp³-hybridized carbons (Fsp3) is 0.316. The van der Waals surface area contributed by atoms with Gasteiger partial charge in [0.15, 0.2) is 0 Å². The standard InChI is InChI=1S/C19H20ClN3O3/c1-19(10-9-13-3-7-16(26-2)8-4-13)17(24)23(18(25)22-19)12-15-6-5-14(20)11-21-15/h3-8,11H,9-10,12H2,1-2H3,(H,22,25)/t19-/m1/s1. The first-order valence-electron chi connectivity index (χ1n) is 8.29. The van der Waals surface area contributed by atoms with Crippen molar-refractivity contribution in [3.8, 4) is 5.75 Å². The minimum absolute atomic E-state index is 0.125. The quantitative estimate of drug-likeness (QED) is 0.789. The van der Waals surface area contributed by atoms with Crippen LogP contribution in [-0.2, 0) is 17.8 Å². The predicted molar refractivity (Wildman–Crippen MR) is 98.0 cm³/mol. The van der Waals surface area contributed by atoms with E-state index in [0.29, 0.717) is 23.6 Å². The van der Waals surface area contributed by atoms with Crippen LogP contribution >= 0.6 is 11.6 Å². The Hall–Kier alpha value is -2.60. The number of hydrogen-bond acceptors (Lipinski definition) is 4. The first-order valence-corrected chi connectivity index (χ1v) is 8.66. The lowest BCUT2D eigenvalue weighted by Gasteiger charge is -2.21. The third-order valence-electron chi connectivity index (χ3n) is 4.53. The highest BCUT2D eigenvalue weighted by atomic mass is 35.5. The van der Waals surface area contributed by atoms with Gasteiger partial charge in [-0.3, -0.25) is 14.7 Å². The molecule has 1 N–H and O–H groups in total. The van der Waals surface area contributed by atoms with E-state index in [0.717, 1.165) is 11.3 Å². The fourth-order valence-corrected chi connectivity index (χ4v) is 3.02. The number of carbonyl (C=O) groups is 2. The van der Waals surface area contributed by atoms with Gasteiger partial charge in [-0.2, -0.15) is 0 Å². The largest absolute Gasteiger partial charge is 0.497 e. The number of methoxy groups -OCH3 is 1. The maximum absolute atomic E-state index is 12.8. The average molecular weight is 374 g/mol. The minimum Gasteiger partial charge on any atom is -0.497 e. The summed E-state index contributed by atoms with van der Waals surface area (Å²) in [6.45, 7) is 1.88. The Morgan fingerprint density at radius 2 is 1.92 bits per heavy atom. The summed E-state index contributed by atoms with van der Waals surface area (Å²) in [4.78, 5) is 30.4. The zero-order chi connectivity index (χ0) is 18.7. The lowest BCUT2D eigenvalue weighted by molar-refractivity contribution is -0.131. The summed E-state index contributed by atoms with van der Waals surface area (Å²) in [6, 6.07) is 10.7. The van der Waals surface area contributed by atoms with Crippen LogP contribution in [0.5, 0.6) is 5.75 Å². The lowest BCUT2D eigenvalue weighted by atomic mass is 9.93. The molecule has 2 aromatic rings. The molecule has 1 atom stereocenters. The van der Waals surface area contributed by atoms with Gasteiger partial charge in [-0.1, -0.05) is 23.7 Å². The van der Waals surface area contributed by atoms with Crippen LogP contribution in [0.3, 0.4) is 0 Å². The lowest BCUT2D eigenvalue weighted by Crippen LogP contribution is -2.44. The van der Waals surface area contributed by atoms with Crippen LogP contribution in [0.4, 0.5) is 4.79 Å². The number of halogens is 1. The normalized spacial score (nSPS) is 19.6. The van der Waals surface area contributed by atoms with Gasteiger partial charge in [-0.15, -0.1) is 0 Å². The second kappa shape index (κ2) is 7.33. The Bertz CT molecular complexity index is 808. The van der Waals surface area contributed by atoms with Gasteiger partial charge < -0.3 is 10.1 Å². The van der Waals surface area contributed by atoms with Gasteiger partial charge in [0.05, 0.1) is 24.4 Å². The van der Waals surface area contributed by atoms with E-state index < -0.39 is 11.6 Å². The topological polar surface area (TPSA) is 71.5 Å². The van der Waals surface area contributed by atoms with Gasteiger partial charge in [0.1, 0.15) is 11.3 Å². The molecule has 1 aliphatic rings. The van der Waals surface area contributed by atoms with Crippen LogP contribution in [0, 0.1) is 0 Å². The molecule has 1 fully saturated rings. The third-order valence-corrected chi connectivity index (χ3v) is 4.75. The number of imide groups is 1. The number of ether oxygens (including phenoxy) is 1. The number of carbonyl (C=O) groups excluding carboxylic acids is 2. The van der Waals surface area contributed by atoms with Crippen molar-refractivity contribution < 1.29 is 14.3 Å². The van der Waals surface area contributed by atoms with E-state index >= 15 is 0 Å². The van der Waals surface area contributed by atoms with Crippen molar-refractivity contribution in [1.82, 2.24) is 15.2 Å². The number of nitrogens with zero attached hydrogens (tertiary/aromatic N) is 2. The molecule has 0 unspecified atom stereocenters. The summed E-state index contributed by atoms with van der Waals surface area (Å²) < 4.78 is 5.14. The Morgan fingerprint density at radius 1 is 1.19 bits per heavy atom. The molecule has 2 heterocycles. The zero-order valence-corrected chi connectivity index (χ0v) is 15.4. The number of urea groups is 1. The SMILES string of the molecule is COc1ccc(CC[C@@]2(C)NC(=O)N(Cc3ccc(Cl)cn3)C2=O)cc1. The molecule has 1 aromatic heterocycles. The highest BCUT2D eigenvalue weighted by molar-refractivity contribution is 6.30. The van der Waals surface area contributed by atoms with Crippen molar-refractivity contribution in [2.75, 3.05) is 7.11 Å². The van der Waals surface area contributed by atoms with Crippen molar-refractivity contribution in [2.24, 2.45) is 0 Å². The second-order valence-electron chi connectivity index (χ2n) is 6.47. The highest BCUT2D eigenvalue weighted by Gasteiger charge is 2.47. The molecule has 26 heavy (non-hydrogen) atoms. The number of aryl methyl sites for hydroxylation is 1. The van der Waals surface area contributed by atoms with E-state index in [9.17, 15) is 9.59 Å². The number of pyridine rings is 1. The molecule has 0 saturated carbocycles. The van der Waals surface area contributed by atoms with Crippen LogP contribution in [0.15, 0.2) is 42.6 Å². The van der Waals surface area contributed by atoms with Gasteiger partial charge in [-0.25, -0.2) is 4.79 Å². The monoisotopic (exact) mass is 373 g/mol. The summed E-state index contributed by atoms with van der Waals surface area (Å²) in [5.41, 5.74) is 0.757. The Kier molecular flexibility index (Phi) is 5.13. The number of nitrogens with one attached hydrogen (secondary N) is 1. The molecular weight excluding hydrogens is 354 g/mol. The van der Waals surface area contributed by atoms with Gasteiger partial charge in [0.25, 0.3) is 5.91 Å². The summed E-state index contributed by atoms with van der Waals surface area (Å²) >= 11 is 5.82. The molecular formula is C19H20ClN3O3. The van der Waals surface area contributed by atoms with Gasteiger partial charge in [-0.05, 0) is 49.6 Å². The molecule has 136 valence electrons. The molecule has 0 spiro atoms. The molecule has 6 nitrogen and oxygen atoms in total. The van der Waals surface area contributed by atoms with E-state index in [1.54, 1.807) is 26.2 Å². The van der Waals surface area contributed by atoms with Crippen LogP contribution < -0.4 is 10.1 Å². The summed E-state index contributed by atoms with van der Waals surface area (Å²) in [5.74, 6) is 0.541. The third kappa shape index (κ3) is 3.80. The molecule has 0 radical (unpaired) electrons. The fourth-order valence-electron chi connectivity index (χ4n) is 2.91. The van der Waals surface area contributed by atoms with Gasteiger partial charge in [0.2, 0.25) is 0 Å². The molecule has 1 saturated heterocycles. The van der Waals surface area contributed by atoms with Crippen molar-refractivity contribution in [1.29, 1.82) is 0 Å². The Morgan fingerprint density at radius 3 is 2.54 bits per heavy atom. The van der Waals surface area contributed by atoms with Crippen molar-refractivity contribution in [3.63, 3.8) is 0 Å². The molecule has 1 aliphatic heterocycles. The van der Waals surface area contributed by atoms with E-state index in [2.05, 4.69) is 10.3 Å². The first-order chi connectivity index (χ1) is 12.4. The van der Waals surface area contributed by atoms with Crippen molar-refractivity contribution >= 4 is 23.5 Å². The molecule has 3 amide bonds. The number of benzene rings is 1. The number of amides is 3. The number of rotatable bonds is 6. The number of hydrogen-bond donors (Lipinski definition) is 1. The van der Waals surface area contributed by atoms with Crippen LogP contribution in [0.25, 0.3) is 0 Å². The van der Waals surface area contributed by atoms with Gasteiger partial charge in [0, 0.05) is 6.20 Å². The highest BCUT2D eigenvalue weighted by Crippen LogP contribution is 2.25. The van der Waals surface area contributed by atoms with E-state index in [1.807, 2.05) is 24.3 Å². The summed E-state index contributed by atoms with van der Waals surface area (Å²) in [5, 5.41) is 3.32. The Balaban J connectivity index is 1.66. The average Bonchev–Trinajstić information content (AvgIpc) is 2.86. The smallest absolute Gasteiger partial charge is 0.325 e. The van der Waals surface area contributed by atoms with Gasteiger partial charge >= 0.3 is 6.03 Å². The Labute approximate surface area is 157 Å². The molecule has 7 heteroatoms. The summed E-state index contributed by atoms with van der Waals surface area (Å²) in [7, 11) is 1.62. The maximum atomic E-state index is 12.8. The molecule has 1 aromatic carbocycles. The van der Waals surface area contributed by atoms with Crippen LogP contribution in [-0.4, -0.2) is 34.5 Å². The van der Waals surface area contributed by atoms with Crippen molar-refractivity contribution in [3.05, 3.63) is 58.9 Å². The van der Waals surface area contributed by atoms with E-state index in [-0.39, 0.29) is 12.5 Å². The van der Waals surface area contributed by atoms with E-state index in [1.165, 1.54) is 11.1 Å².